The summed E-state index contributed by atoms with van der Waals surface area (Å²) >= 11 is 18.2. The number of carbonyl (C=O) groups excluding carboxylic acids is 4. The Labute approximate surface area is 527 Å². The smallest absolute Gasteiger partial charge is 0.341 e. The average molecular weight is 1250 g/mol. The monoisotopic (exact) mass is 1250 g/mol. The third kappa shape index (κ3) is 14.7. The van der Waals surface area contributed by atoms with Crippen LogP contribution in [-0.2, 0) is 9.59 Å². The number of aromatic nitrogens is 3. The van der Waals surface area contributed by atoms with Gasteiger partial charge in [-0.15, -0.1) is 0 Å². The normalized spacial score (nSPS) is 14.9. The molecular formula is C70H73Cl3N6O9. The fourth-order valence-corrected chi connectivity index (χ4v) is 13.1. The number of ether oxygens (including phenoxy) is 2. The van der Waals surface area contributed by atoms with E-state index in [4.69, 9.17) is 49.4 Å². The van der Waals surface area contributed by atoms with Gasteiger partial charge in [-0.25, -0.2) is 4.79 Å². The quantitative estimate of drug-likeness (QED) is 0.0534. The van der Waals surface area contributed by atoms with E-state index in [1.807, 2.05) is 132 Å². The largest absolute Gasteiger partial charge is 0.508 e. The predicted octanol–water partition coefficient (Wildman–Crippen LogP) is 14.9. The molecule has 3 fully saturated rings. The number of carboxylic acids is 1. The first-order valence-electron chi connectivity index (χ1n) is 30.1. The van der Waals surface area contributed by atoms with Crippen LogP contribution in [0.5, 0.6) is 17.2 Å². The summed E-state index contributed by atoms with van der Waals surface area (Å²) in [6.07, 6.45) is 10.6. The SMILES string of the molecule is CC(=O)Oc1ccc2c(C(=O)CN3CCCCC3)c(C)n(-c3ccc(Cl)cc3)c2c1.Cc1c(C(=O)CN2CCCCC2)c2ccc(O)cc2n1-c1ccc(Cl)cc1.Cc1c(C(=O)CN2CCCCC2)c2ccc(OCC(=O)O)cc2n1-c1ccc(Cl)cc1. The lowest BCUT2D eigenvalue weighted by Crippen LogP contribution is -2.34. The number of carbonyl (C=O) groups is 5. The van der Waals surface area contributed by atoms with Crippen molar-refractivity contribution in [3.8, 4) is 34.3 Å². The molecule has 88 heavy (non-hydrogen) atoms. The maximum absolute atomic E-state index is 13.4. The van der Waals surface area contributed by atoms with Gasteiger partial charge in [-0.05, 0) is 208 Å². The topological polar surface area (TPSA) is 169 Å². The zero-order valence-corrected chi connectivity index (χ0v) is 52.4. The Morgan fingerprint density at radius 1 is 0.432 bits per heavy atom. The lowest BCUT2D eigenvalue weighted by molar-refractivity contribution is -0.139. The predicted molar refractivity (Wildman–Crippen MR) is 349 cm³/mol. The second kappa shape index (κ2) is 28.6. The van der Waals surface area contributed by atoms with Crippen molar-refractivity contribution in [2.75, 3.05) is 65.5 Å². The van der Waals surface area contributed by atoms with E-state index in [-0.39, 0.29) is 29.1 Å². The van der Waals surface area contributed by atoms with Crippen molar-refractivity contribution in [3.63, 3.8) is 0 Å². The molecule has 0 bridgehead atoms. The van der Waals surface area contributed by atoms with Crippen LogP contribution >= 0.6 is 34.8 Å². The molecule has 3 aliphatic rings. The van der Waals surface area contributed by atoms with Gasteiger partial charge in [0.25, 0.3) is 0 Å². The molecular weight excluding hydrogens is 1180 g/mol. The summed E-state index contributed by atoms with van der Waals surface area (Å²) < 4.78 is 16.7. The van der Waals surface area contributed by atoms with E-state index in [2.05, 4.69) is 14.7 Å². The number of aliphatic carboxylic acids is 1. The number of rotatable bonds is 16. The third-order valence-corrected chi connectivity index (χ3v) is 17.5. The molecule has 0 spiro atoms. The summed E-state index contributed by atoms with van der Waals surface area (Å²) in [5.74, 6) is 0.0147. The highest BCUT2D eigenvalue weighted by atomic mass is 35.5. The van der Waals surface area contributed by atoms with Crippen LogP contribution < -0.4 is 9.47 Å². The Morgan fingerprint density at radius 3 is 1.09 bits per heavy atom. The number of likely N-dealkylation sites (tertiary alicyclic amines) is 3. The first-order chi connectivity index (χ1) is 42.4. The van der Waals surface area contributed by atoms with Crippen LogP contribution in [0.15, 0.2) is 127 Å². The van der Waals surface area contributed by atoms with E-state index in [1.165, 1.54) is 26.2 Å². The van der Waals surface area contributed by atoms with Gasteiger partial charge in [0, 0.05) is 107 Å². The molecule has 3 aromatic heterocycles. The number of esters is 1. The van der Waals surface area contributed by atoms with Crippen molar-refractivity contribution in [3.05, 3.63) is 176 Å². The van der Waals surface area contributed by atoms with Crippen LogP contribution in [0, 0.1) is 20.8 Å². The van der Waals surface area contributed by atoms with Gasteiger partial charge in [0.05, 0.1) is 36.2 Å². The number of piperidine rings is 3. The summed E-state index contributed by atoms with van der Waals surface area (Å²) in [7, 11) is 0. The Bertz CT molecular complexity index is 4020. The van der Waals surface area contributed by atoms with Crippen LogP contribution in [0.1, 0.15) is 113 Å². The second-order valence-electron chi connectivity index (χ2n) is 22.9. The molecule has 0 amide bonds. The molecule has 2 N–H and O–H groups in total. The molecule has 3 aliphatic heterocycles. The number of fused-ring (bicyclic) bond motifs is 3. The molecule has 9 aromatic rings. The van der Waals surface area contributed by atoms with Gasteiger partial charge < -0.3 is 33.4 Å². The van der Waals surface area contributed by atoms with Crippen molar-refractivity contribution >= 4 is 96.8 Å². The molecule has 458 valence electrons. The van der Waals surface area contributed by atoms with Crippen molar-refractivity contribution in [2.24, 2.45) is 0 Å². The van der Waals surface area contributed by atoms with Crippen molar-refractivity contribution in [1.82, 2.24) is 28.4 Å². The van der Waals surface area contributed by atoms with Gasteiger partial charge >= 0.3 is 11.9 Å². The molecule has 3 saturated heterocycles. The molecule has 0 unspecified atom stereocenters. The number of nitrogens with zero attached hydrogens (tertiary/aromatic N) is 6. The standard InChI is InChI=1S/C24H25ClN2O4.C24H25ClN2O3.C22H23ClN2O2/c1-16-24(22(28)14-26-11-3-2-4-12-26)20-10-9-19(31-15-23(29)30)13-21(20)27(16)18-7-5-17(25)6-8-18;1-16-24(23(29)15-26-12-4-3-5-13-26)21-11-10-20(30-17(2)28)14-22(21)27(16)19-8-6-18(25)7-9-19;1-15-22(21(27)14-24-11-3-2-4-12-24)19-10-9-18(26)13-20(19)25(15)17-7-5-16(23)6-8-17/h5-10,13H,2-4,11-12,14-15H2,1H3,(H,29,30);6-11,14H,3-5,12-13,15H2,1-2H3;5-10,13,26H,2-4,11-12,14H2,1H3. The number of halogens is 3. The number of carboxylic acid groups (broad SMARTS) is 1. The number of ketones is 3. The average Bonchev–Trinajstić information content (AvgIpc) is 1.73. The molecule has 0 radical (unpaired) electrons. The van der Waals surface area contributed by atoms with Crippen LogP contribution in [0.4, 0.5) is 0 Å². The van der Waals surface area contributed by atoms with Gasteiger partial charge in [-0.2, -0.15) is 0 Å². The van der Waals surface area contributed by atoms with Crippen molar-refractivity contribution < 1.29 is 43.7 Å². The molecule has 0 saturated carbocycles. The highest BCUT2D eigenvalue weighted by Gasteiger charge is 2.28. The number of phenols is 1. The maximum Gasteiger partial charge on any atom is 0.341 e. The molecule has 0 aliphatic carbocycles. The number of aromatic hydroxyl groups is 1. The summed E-state index contributed by atoms with van der Waals surface area (Å²) in [5, 5.41) is 23.5. The molecule has 15 nitrogen and oxygen atoms in total. The van der Waals surface area contributed by atoms with E-state index >= 15 is 0 Å². The first kappa shape index (κ1) is 63.3. The van der Waals surface area contributed by atoms with Gasteiger partial charge in [0.1, 0.15) is 17.2 Å². The van der Waals surface area contributed by atoms with E-state index in [0.29, 0.717) is 51.8 Å². The minimum Gasteiger partial charge on any atom is -0.508 e. The molecule has 6 aromatic carbocycles. The molecule has 18 heteroatoms. The third-order valence-electron chi connectivity index (χ3n) is 16.7. The van der Waals surface area contributed by atoms with Crippen LogP contribution in [0.2, 0.25) is 15.1 Å². The number of benzene rings is 6. The number of Topliss-reactive ketones (excluding diaryl/α,β-unsaturated/α-hetero) is 3. The summed E-state index contributed by atoms with van der Waals surface area (Å²) in [5.41, 5.74) is 9.91. The lowest BCUT2D eigenvalue weighted by atomic mass is 10.0. The summed E-state index contributed by atoms with van der Waals surface area (Å²) in [4.78, 5) is 69.0. The zero-order valence-electron chi connectivity index (χ0n) is 50.1. The Balaban J connectivity index is 0.000000146. The fourth-order valence-electron chi connectivity index (χ4n) is 12.7. The molecule has 12 rings (SSSR count). The Hall–Kier alpha value is -7.76. The first-order valence-corrected chi connectivity index (χ1v) is 31.3. The number of hydrogen-bond acceptors (Lipinski definition) is 11. The lowest BCUT2D eigenvalue weighted by Gasteiger charge is -2.25. The van der Waals surface area contributed by atoms with Crippen LogP contribution in [-0.4, -0.2) is 133 Å². The minimum absolute atomic E-state index is 0.0938. The van der Waals surface area contributed by atoms with Crippen LogP contribution in [0.25, 0.3) is 49.8 Å². The van der Waals surface area contributed by atoms with E-state index in [0.717, 1.165) is 156 Å². The second-order valence-corrected chi connectivity index (χ2v) is 24.2. The van der Waals surface area contributed by atoms with Gasteiger partial charge in [0.2, 0.25) is 0 Å². The highest BCUT2D eigenvalue weighted by Crippen LogP contribution is 2.37. The van der Waals surface area contributed by atoms with Gasteiger partial charge in [0.15, 0.2) is 24.0 Å². The van der Waals surface area contributed by atoms with E-state index in [1.54, 1.807) is 30.3 Å². The minimum atomic E-state index is -1.04. The number of hydrogen-bond donors (Lipinski definition) is 2. The zero-order chi connectivity index (χ0) is 62.2. The Kier molecular flexibility index (Phi) is 20.6. The van der Waals surface area contributed by atoms with E-state index in [9.17, 15) is 29.1 Å². The summed E-state index contributed by atoms with van der Waals surface area (Å²) in [6.45, 7) is 13.9. The van der Waals surface area contributed by atoms with Gasteiger partial charge in [-0.1, -0.05) is 54.1 Å². The highest BCUT2D eigenvalue weighted by molar-refractivity contribution is 6.31. The van der Waals surface area contributed by atoms with Crippen LogP contribution in [0.3, 0.4) is 0 Å². The summed E-state index contributed by atoms with van der Waals surface area (Å²) in [6, 6.07) is 38.4. The van der Waals surface area contributed by atoms with E-state index < -0.39 is 12.6 Å². The number of phenolic OH excluding ortho intramolecular Hbond substituents is 1. The van der Waals surface area contributed by atoms with Crippen molar-refractivity contribution in [1.29, 1.82) is 0 Å². The fraction of sp³-hybridized carbons (Fsp3) is 0.329. The maximum atomic E-state index is 13.4. The molecule has 0 atom stereocenters. The van der Waals surface area contributed by atoms with Crippen molar-refractivity contribution in [2.45, 2.75) is 85.5 Å². The van der Waals surface area contributed by atoms with Gasteiger partial charge in [-0.3, -0.25) is 33.9 Å². The molecule has 6 heterocycles. The Morgan fingerprint density at radius 2 is 0.750 bits per heavy atom.